The molecule has 0 atom stereocenters. The quantitative estimate of drug-likeness (QED) is 0.750. The fourth-order valence-corrected chi connectivity index (χ4v) is 3.50. The highest BCUT2D eigenvalue weighted by atomic mass is 19.4. The van der Waals surface area contributed by atoms with E-state index in [0.29, 0.717) is 25.8 Å². The van der Waals surface area contributed by atoms with Crippen LogP contribution in [0.1, 0.15) is 38.5 Å². The van der Waals surface area contributed by atoms with Crippen molar-refractivity contribution in [1.29, 1.82) is 0 Å². The van der Waals surface area contributed by atoms with E-state index in [4.69, 9.17) is 0 Å². The molecule has 0 saturated carbocycles. The first kappa shape index (κ1) is 16.8. The standard InChI is InChI=1S/C15H21F3N2O2/c1-2-8-20-12(21)4-3-5-14(20)6-9-19(10-7-14)13(22)11-15(16,17)18/h2H,1,3-11H2. The van der Waals surface area contributed by atoms with E-state index in [-0.39, 0.29) is 24.5 Å². The molecule has 1 spiro atoms. The number of halogens is 3. The summed E-state index contributed by atoms with van der Waals surface area (Å²) in [6.45, 7) is 4.67. The Labute approximate surface area is 127 Å². The Kier molecular flexibility index (Phi) is 4.82. The van der Waals surface area contributed by atoms with E-state index in [1.807, 2.05) is 0 Å². The number of piperidine rings is 2. The summed E-state index contributed by atoms with van der Waals surface area (Å²) in [5.74, 6) is -0.805. The summed E-state index contributed by atoms with van der Waals surface area (Å²) in [6, 6.07) is 0. The third-order valence-corrected chi connectivity index (χ3v) is 4.62. The predicted octanol–water partition coefficient (Wildman–Crippen LogP) is 2.50. The molecule has 4 nitrogen and oxygen atoms in total. The second-order valence-electron chi connectivity index (χ2n) is 6.04. The van der Waals surface area contributed by atoms with E-state index in [9.17, 15) is 22.8 Å². The molecule has 0 bridgehead atoms. The first-order chi connectivity index (χ1) is 10.3. The van der Waals surface area contributed by atoms with E-state index in [0.717, 1.165) is 12.8 Å². The third kappa shape index (κ3) is 3.62. The van der Waals surface area contributed by atoms with Crippen molar-refractivity contribution in [3.05, 3.63) is 12.7 Å². The van der Waals surface area contributed by atoms with Crippen LogP contribution in [0.5, 0.6) is 0 Å². The number of alkyl halides is 3. The second-order valence-corrected chi connectivity index (χ2v) is 6.04. The molecule has 2 aliphatic rings. The Morgan fingerprint density at radius 2 is 1.91 bits per heavy atom. The molecule has 7 heteroatoms. The van der Waals surface area contributed by atoms with Crippen LogP contribution in [-0.4, -0.2) is 53.0 Å². The molecule has 0 radical (unpaired) electrons. The first-order valence-corrected chi connectivity index (χ1v) is 7.53. The van der Waals surface area contributed by atoms with Gasteiger partial charge in [0.25, 0.3) is 0 Å². The van der Waals surface area contributed by atoms with Crippen LogP contribution < -0.4 is 0 Å². The van der Waals surface area contributed by atoms with Crippen molar-refractivity contribution < 1.29 is 22.8 Å². The van der Waals surface area contributed by atoms with Gasteiger partial charge in [0.15, 0.2) is 0 Å². The lowest BCUT2D eigenvalue weighted by molar-refractivity contribution is -0.163. The number of carbonyl (C=O) groups excluding carboxylic acids is 2. The molecule has 0 aliphatic carbocycles. The van der Waals surface area contributed by atoms with Gasteiger partial charge in [-0.2, -0.15) is 13.2 Å². The van der Waals surface area contributed by atoms with Crippen LogP contribution in [-0.2, 0) is 9.59 Å². The van der Waals surface area contributed by atoms with Gasteiger partial charge in [0, 0.05) is 31.6 Å². The lowest BCUT2D eigenvalue weighted by Crippen LogP contribution is -2.60. The number of carbonyl (C=O) groups is 2. The summed E-state index contributed by atoms with van der Waals surface area (Å²) < 4.78 is 36.9. The van der Waals surface area contributed by atoms with Crippen molar-refractivity contribution >= 4 is 11.8 Å². The number of amides is 2. The molecule has 0 N–H and O–H groups in total. The van der Waals surface area contributed by atoms with Gasteiger partial charge < -0.3 is 9.80 Å². The van der Waals surface area contributed by atoms with Crippen molar-refractivity contribution in [2.75, 3.05) is 19.6 Å². The largest absolute Gasteiger partial charge is 0.397 e. The zero-order chi connectivity index (χ0) is 16.4. The summed E-state index contributed by atoms with van der Waals surface area (Å²) in [5.41, 5.74) is -0.321. The lowest BCUT2D eigenvalue weighted by atomic mass is 9.78. The van der Waals surface area contributed by atoms with Crippen LogP contribution in [0.2, 0.25) is 0 Å². The Balaban J connectivity index is 2.01. The van der Waals surface area contributed by atoms with Crippen molar-refractivity contribution in [1.82, 2.24) is 9.80 Å². The molecular weight excluding hydrogens is 297 g/mol. The van der Waals surface area contributed by atoms with E-state index in [1.54, 1.807) is 11.0 Å². The number of hydrogen-bond donors (Lipinski definition) is 0. The van der Waals surface area contributed by atoms with Crippen LogP contribution in [0, 0.1) is 0 Å². The van der Waals surface area contributed by atoms with Gasteiger partial charge in [-0.05, 0) is 25.7 Å². The summed E-state index contributed by atoms with van der Waals surface area (Å²) in [5, 5.41) is 0. The maximum absolute atomic E-state index is 12.3. The smallest absolute Gasteiger partial charge is 0.342 e. The van der Waals surface area contributed by atoms with Crippen LogP contribution in [0.3, 0.4) is 0 Å². The maximum atomic E-state index is 12.3. The fourth-order valence-electron chi connectivity index (χ4n) is 3.50. The highest BCUT2D eigenvalue weighted by molar-refractivity contribution is 5.79. The van der Waals surface area contributed by atoms with Crippen molar-refractivity contribution in [2.24, 2.45) is 0 Å². The van der Waals surface area contributed by atoms with E-state index < -0.39 is 18.5 Å². The molecule has 0 aromatic heterocycles. The summed E-state index contributed by atoms with van der Waals surface area (Å²) in [6.07, 6.45) is -0.987. The van der Waals surface area contributed by atoms with Gasteiger partial charge in [-0.25, -0.2) is 0 Å². The van der Waals surface area contributed by atoms with Gasteiger partial charge in [-0.15, -0.1) is 6.58 Å². The number of likely N-dealkylation sites (tertiary alicyclic amines) is 2. The average Bonchev–Trinajstić information content (AvgIpc) is 2.42. The fraction of sp³-hybridized carbons (Fsp3) is 0.733. The van der Waals surface area contributed by atoms with Crippen molar-refractivity contribution in [3.63, 3.8) is 0 Å². The summed E-state index contributed by atoms with van der Waals surface area (Å²) in [4.78, 5) is 26.8. The zero-order valence-corrected chi connectivity index (χ0v) is 12.5. The van der Waals surface area contributed by atoms with Gasteiger partial charge in [0.2, 0.25) is 11.8 Å². The Morgan fingerprint density at radius 3 is 2.45 bits per heavy atom. The Bertz CT molecular complexity index is 454. The van der Waals surface area contributed by atoms with Crippen LogP contribution in [0.4, 0.5) is 13.2 Å². The summed E-state index contributed by atoms with van der Waals surface area (Å²) in [7, 11) is 0. The summed E-state index contributed by atoms with van der Waals surface area (Å²) >= 11 is 0. The minimum Gasteiger partial charge on any atom is -0.342 e. The van der Waals surface area contributed by atoms with E-state index >= 15 is 0 Å². The Morgan fingerprint density at radius 1 is 1.27 bits per heavy atom. The maximum Gasteiger partial charge on any atom is 0.397 e. The van der Waals surface area contributed by atoms with Gasteiger partial charge in [0.05, 0.1) is 0 Å². The molecule has 0 unspecified atom stereocenters. The number of nitrogens with zero attached hydrogens (tertiary/aromatic N) is 2. The number of hydrogen-bond acceptors (Lipinski definition) is 2. The van der Waals surface area contributed by atoms with Crippen LogP contribution in [0.15, 0.2) is 12.7 Å². The highest BCUT2D eigenvalue weighted by Crippen LogP contribution is 2.38. The third-order valence-electron chi connectivity index (χ3n) is 4.62. The molecule has 22 heavy (non-hydrogen) atoms. The SMILES string of the molecule is C=CCN1C(=O)CCCC12CCN(C(=O)CC(F)(F)F)CC2. The predicted molar refractivity (Wildman–Crippen MR) is 75.0 cm³/mol. The van der Waals surface area contributed by atoms with Crippen molar-refractivity contribution in [2.45, 2.75) is 50.2 Å². The molecule has 2 amide bonds. The Hall–Kier alpha value is -1.53. The van der Waals surface area contributed by atoms with Gasteiger partial charge in [-0.3, -0.25) is 9.59 Å². The van der Waals surface area contributed by atoms with Gasteiger partial charge in [-0.1, -0.05) is 6.08 Å². The zero-order valence-electron chi connectivity index (χ0n) is 12.5. The molecule has 0 aromatic carbocycles. The normalized spacial score (nSPS) is 22.0. The monoisotopic (exact) mass is 318 g/mol. The van der Waals surface area contributed by atoms with Crippen LogP contribution >= 0.6 is 0 Å². The molecule has 2 aliphatic heterocycles. The van der Waals surface area contributed by atoms with Crippen LogP contribution in [0.25, 0.3) is 0 Å². The molecule has 2 fully saturated rings. The van der Waals surface area contributed by atoms with Gasteiger partial charge >= 0.3 is 6.18 Å². The first-order valence-electron chi connectivity index (χ1n) is 7.53. The minimum absolute atomic E-state index is 0.0706. The highest BCUT2D eigenvalue weighted by Gasteiger charge is 2.45. The molecule has 124 valence electrons. The molecule has 2 heterocycles. The molecular formula is C15H21F3N2O2. The molecule has 2 saturated heterocycles. The van der Waals surface area contributed by atoms with Gasteiger partial charge in [0.1, 0.15) is 6.42 Å². The topological polar surface area (TPSA) is 40.6 Å². The van der Waals surface area contributed by atoms with Crippen molar-refractivity contribution in [3.8, 4) is 0 Å². The van der Waals surface area contributed by atoms with E-state index in [1.165, 1.54) is 4.90 Å². The second kappa shape index (κ2) is 6.30. The number of rotatable bonds is 3. The molecule has 0 aromatic rings. The van der Waals surface area contributed by atoms with E-state index in [2.05, 4.69) is 6.58 Å². The minimum atomic E-state index is -4.47. The average molecular weight is 318 g/mol. The lowest BCUT2D eigenvalue weighted by Gasteiger charge is -2.51. The molecule has 2 rings (SSSR count).